The second-order valence-electron chi connectivity index (χ2n) is 5.11. The van der Waals surface area contributed by atoms with Crippen molar-refractivity contribution in [3.05, 3.63) is 58.4 Å². The third-order valence-electron chi connectivity index (χ3n) is 3.33. The van der Waals surface area contributed by atoms with Crippen LogP contribution in [0.25, 0.3) is 0 Å². The summed E-state index contributed by atoms with van der Waals surface area (Å²) in [5.41, 5.74) is 0.895. The van der Waals surface area contributed by atoms with Crippen molar-refractivity contribution in [2.24, 2.45) is 0 Å². The van der Waals surface area contributed by atoms with E-state index in [-0.39, 0.29) is 23.8 Å². The predicted molar refractivity (Wildman–Crippen MR) is 91.4 cm³/mol. The van der Waals surface area contributed by atoms with E-state index in [1.165, 1.54) is 19.2 Å². The highest BCUT2D eigenvalue weighted by atomic mass is 35.5. The molecule has 128 valence electrons. The summed E-state index contributed by atoms with van der Waals surface area (Å²) < 4.78 is 24.1. The Hall–Kier alpha value is -2.27. The van der Waals surface area contributed by atoms with Crippen LogP contribution in [0, 0.1) is 5.82 Å². The van der Waals surface area contributed by atoms with Gasteiger partial charge in [0, 0.05) is 6.54 Å². The number of ether oxygens (including phenoxy) is 2. The van der Waals surface area contributed by atoms with E-state index in [2.05, 4.69) is 5.32 Å². The molecule has 0 heterocycles. The molecule has 0 aromatic heterocycles. The SMILES string of the molecule is CCCOc1cccc(Cl)c1C(=O)NCc1ccc(OC)c(F)c1. The van der Waals surface area contributed by atoms with Gasteiger partial charge in [0.25, 0.3) is 5.91 Å². The summed E-state index contributed by atoms with van der Waals surface area (Å²) in [5, 5.41) is 3.03. The molecule has 0 bridgehead atoms. The second kappa shape index (κ2) is 8.55. The zero-order valence-corrected chi connectivity index (χ0v) is 14.3. The third kappa shape index (κ3) is 4.38. The molecule has 0 saturated heterocycles. The highest BCUT2D eigenvalue weighted by Crippen LogP contribution is 2.26. The number of hydrogen-bond donors (Lipinski definition) is 1. The molecule has 1 N–H and O–H groups in total. The number of benzene rings is 2. The molecule has 0 saturated carbocycles. The monoisotopic (exact) mass is 351 g/mol. The zero-order valence-electron chi connectivity index (χ0n) is 13.6. The maximum absolute atomic E-state index is 13.7. The van der Waals surface area contributed by atoms with E-state index in [1.807, 2.05) is 6.92 Å². The van der Waals surface area contributed by atoms with Gasteiger partial charge >= 0.3 is 0 Å². The number of carbonyl (C=O) groups excluding carboxylic acids is 1. The number of carbonyl (C=O) groups is 1. The van der Waals surface area contributed by atoms with Gasteiger partial charge in [-0.3, -0.25) is 4.79 Å². The Labute approximate surface area is 145 Å². The number of methoxy groups -OCH3 is 1. The molecule has 0 radical (unpaired) electrons. The van der Waals surface area contributed by atoms with Crippen molar-refractivity contribution >= 4 is 17.5 Å². The third-order valence-corrected chi connectivity index (χ3v) is 3.65. The minimum Gasteiger partial charge on any atom is -0.494 e. The Balaban J connectivity index is 2.11. The molecule has 0 aliphatic heterocycles. The van der Waals surface area contributed by atoms with E-state index < -0.39 is 5.82 Å². The van der Waals surface area contributed by atoms with Crippen LogP contribution in [0.3, 0.4) is 0 Å². The van der Waals surface area contributed by atoms with E-state index in [1.54, 1.807) is 24.3 Å². The summed E-state index contributed by atoms with van der Waals surface area (Å²) in [6.45, 7) is 2.63. The summed E-state index contributed by atoms with van der Waals surface area (Å²) in [6.07, 6.45) is 0.818. The van der Waals surface area contributed by atoms with Gasteiger partial charge in [0.2, 0.25) is 0 Å². The molecule has 1 amide bonds. The molecule has 2 aromatic rings. The quantitative estimate of drug-likeness (QED) is 0.813. The van der Waals surface area contributed by atoms with E-state index in [0.29, 0.717) is 22.9 Å². The molecule has 0 atom stereocenters. The number of nitrogens with one attached hydrogen (secondary N) is 1. The number of rotatable bonds is 7. The zero-order chi connectivity index (χ0) is 17.5. The predicted octanol–water partition coefficient (Wildman–Crippen LogP) is 4.21. The van der Waals surface area contributed by atoms with Crippen LogP contribution < -0.4 is 14.8 Å². The maximum Gasteiger partial charge on any atom is 0.256 e. The lowest BCUT2D eigenvalue weighted by molar-refractivity contribution is 0.0947. The van der Waals surface area contributed by atoms with E-state index in [0.717, 1.165) is 6.42 Å². The molecule has 0 aliphatic rings. The van der Waals surface area contributed by atoms with Gasteiger partial charge in [0.1, 0.15) is 5.75 Å². The number of hydrogen-bond acceptors (Lipinski definition) is 3. The van der Waals surface area contributed by atoms with E-state index in [4.69, 9.17) is 21.1 Å². The Bertz CT molecular complexity index is 721. The van der Waals surface area contributed by atoms with Gasteiger partial charge in [-0.05, 0) is 36.2 Å². The molecular formula is C18H19ClFNO3. The lowest BCUT2D eigenvalue weighted by atomic mass is 10.1. The number of halogens is 2. The van der Waals surface area contributed by atoms with Crippen molar-refractivity contribution < 1.29 is 18.7 Å². The van der Waals surface area contributed by atoms with Crippen LogP contribution in [0.2, 0.25) is 5.02 Å². The minimum absolute atomic E-state index is 0.159. The van der Waals surface area contributed by atoms with Crippen molar-refractivity contribution in [1.82, 2.24) is 5.32 Å². The van der Waals surface area contributed by atoms with Gasteiger partial charge in [0.05, 0.1) is 24.3 Å². The van der Waals surface area contributed by atoms with E-state index >= 15 is 0 Å². The molecule has 0 aliphatic carbocycles. The summed E-state index contributed by atoms with van der Waals surface area (Å²) in [6, 6.07) is 9.57. The summed E-state index contributed by atoms with van der Waals surface area (Å²) in [7, 11) is 1.40. The molecule has 4 nitrogen and oxygen atoms in total. The fourth-order valence-electron chi connectivity index (χ4n) is 2.15. The van der Waals surface area contributed by atoms with Gasteiger partial charge in [-0.15, -0.1) is 0 Å². The van der Waals surface area contributed by atoms with Gasteiger partial charge in [-0.1, -0.05) is 30.7 Å². The lowest BCUT2D eigenvalue weighted by Gasteiger charge is -2.13. The Morgan fingerprint density at radius 3 is 2.71 bits per heavy atom. The average molecular weight is 352 g/mol. The molecule has 2 aromatic carbocycles. The Morgan fingerprint density at radius 2 is 2.04 bits per heavy atom. The van der Waals surface area contributed by atoms with Gasteiger partial charge in [-0.25, -0.2) is 4.39 Å². The van der Waals surface area contributed by atoms with Crippen LogP contribution in [0.5, 0.6) is 11.5 Å². The highest BCUT2D eigenvalue weighted by Gasteiger charge is 2.16. The fraction of sp³-hybridized carbons (Fsp3) is 0.278. The molecule has 2 rings (SSSR count). The molecule has 6 heteroatoms. The second-order valence-corrected chi connectivity index (χ2v) is 5.52. The van der Waals surface area contributed by atoms with Crippen LogP contribution in [-0.2, 0) is 6.54 Å². The standard InChI is InChI=1S/C18H19ClFNO3/c1-3-9-24-16-6-4-5-13(19)17(16)18(22)21-11-12-7-8-15(23-2)14(20)10-12/h4-8,10H,3,9,11H2,1-2H3,(H,21,22). The lowest BCUT2D eigenvalue weighted by Crippen LogP contribution is -2.24. The van der Waals surface area contributed by atoms with Crippen LogP contribution in [0.15, 0.2) is 36.4 Å². The van der Waals surface area contributed by atoms with Gasteiger partial charge in [0.15, 0.2) is 11.6 Å². The topological polar surface area (TPSA) is 47.6 Å². The van der Waals surface area contributed by atoms with Crippen molar-refractivity contribution in [2.45, 2.75) is 19.9 Å². The molecule has 0 fully saturated rings. The summed E-state index contributed by atoms with van der Waals surface area (Å²) in [5.74, 6) is -0.258. The Morgan fingerprint density at radius 1 is 1.25 bits per heavy atom. The van der Waals surface area contributed by atoms with E-state index in [9.17, 15) is 9.18 Å². The first kappa shape index (κ1) is 18.1. The molecule has 24 heavy (non-hydrogen) atoms. The fourth-order valence-corrected chi connectivity index (χ4v) is 2.40. The first-order valence-electron chi connectivity index (χ1n) is 7.58. The first-order chi connectivity index (χ1) is 11.6. The molecule has 0 unspecified atom stereocenters. The Kier molecular flexibility index (Phi) is 6.44. The van der Waals surface area contributed by atoms with Gasteiger partial charge in [-0.2, -0.15) is 0 Å². The molecular weight excluding hydrogens is 333 g/mol. The molecule has 0 spiro atoms. The van der Waals surface area contributed by atoms with Crippen LogP contribution in [0.4, 0.5) is 4.39 Å². The van der Waals surface area contributed by atoms with Crippen molar-refractivity contribution in [3.63, 3.8) is 0 Å². The van der Waals surface area contributed by atoms with Crippen LogP contribution in [0.1, 0.15) is 29.3 Å². The first-order valence-corrected chi connectivity index (χ1v) is 7.96. The number of amides is 1. The highest BCUT2D eigenvalue weighted by molar-refractivity contribution is 6.34. The van der Waals surface area contributed by atoms with Crippen LogP contribution in [-0.4, -0.2) is 19.6 Å². The van der Waals surface area contributed by atoms with Crippen LogP contribution >= 0.6 is 11.6 Å². The largest absolute Gasteiger partial charge is 0.494 e. The van der Waals surface area contributed by atoms with Crippen molar-refractivity contribution in [3.8, 4) is 11.5 Å². The minimum atomic E-state index is -0.478. The smallest absolute Gasteiger partial charge is 0.256 e. The average Bonchev–Trinajstić information content (AvgIpc) is 2.58. The van der Waals surface area contributed by atoms with Crippen molar-refractivity contribution in [1.29, 1.82) is 0 Å². The normalized spacial score (nSPS) is 10.3. The van der Waals surface area contributed by atoms with Gasteiger partial charge < -0.3 is 14.8 Å². The van der Waals surface area contributed by atoms with Crippen molar-refractivity contribution in [2.75, 3.05) is 13.7 Å². The summed E-state index contributed by atoms with van der Waals surface area (Å²) >= 11 is 6.13. The maximum atomic E-state index is 13.7. The summed E-state index contributed by atoms with van der Waals surface area (Å²) in [4.78, 5) is 12.4.